The molecule has 0 atom stereocenters. The summed E-state index contributed by atoms with van der Waals surface area (Å²) in [6.07, 6.45) is 7.06. The van der Waals surface area contributed by atoms with E-state index in [1.807, 2.05) is 10.8 Å². The molecule has 0 bridgehead atoms. The van der Waals surface area contributed by atoms with Crippen LogP contribution in [0.15, 0.2) is 28.8 Å². The van der Waals surface area contributed by atoms with Crippen LogP contribution in [0.3, 0.4) is 0 Å². The molecule has 1 fully saturated rings. The minimum Gasteiger partial charge on any atom is -0.381 e. The molecular weight excluding hydrogens is 288 g/mol. The molecule has 1 aliphatic heterocycles. The molecule has 0 aromatic carbocycles. The van der Waals surface area contributed by atoms with Gasteiger partial charge in [0.1, 0.15) is 5.52 Å². The summed E-state index contributed by atoms with van der Waals surface area (Å²) in [4.78, 5) is 21.6. The number of imidazole rings is 1. The first-order valence-electron chi connectivity index (χ1n) is 6.96. The smallest absolute Gasteiger partial charge is 0.330 e. The van der Waals surface area contributed by atoms with Crippen molar-refractivity contribution in [2.24, 2.45) is 0 Å². The van der Waals surface area contributed by atoms with E-state index < -0.39 is 0 Å². The molecule has 0 N–H and O–H groups in total. The van der Waals surface area contributed by atoms with Crippen molar-refractivity contribution in [3.63, 3.8) is 0 Å². The Morgan fingerprint density at radius 3 is 2.95 bits per heavy atom. The summed E-state index contributed by atoms with van der Waals surface area (Å²) in [5, 5.41) is 0.680. The molecule has 6 nitrogen and oxygen atoms in total. The van der Waals surface area contributed by atoms with Gasteiger partial charge in [0.15, 0.2) is 10.8 Å². The minimum absolute atomic E-state index is 0.0376. The number of fused-ring (bicyclic) bond motifs is 1. The summed E-state index contributed by atoms with van der Waals surface area (Å²) in [6, 6.07) is 0.143. The van der Waals surface area contributed by atoms with Crippen LogP contribution in [0.4, 0.5) is 0 Å². The largest absolute Gasteiger partial charge is 0.381 e. The van der Waals surface area contributed by atoms with Gasteiger partial charge >= 0.3 is 5.69 Å². The van der Waals surface area contributed by atoms with E-state index in [0.717, 1.165) is 18.4 Å². The lowest BCUT2D eigenvalue weighted by atomic mass is 10.1. The zero-order valence-corrected chi connectivity index (χ0v) is 12.8. The van der Waals surface area contributed by atoms with E-state index >= 15 is 0 Å². The van der Waals surface area contributed by atoms with Crippen molar-refractivity contribution in [1.82, 2.24) is 19.1 Å². The quantitative estimate of drug-likeness (QED) is 0.490. The number of rotatable bonds is 4. The molecule has 1 saturated heterocycles. The molecule has 2 aromatic rings. The van der Waals surface area contributed by atoms with Crippen LogP contribution in [0.2, 0.25) is 0 Å². The fourth-order valence-corrected chi connectivity index (χ4v) is 3.05. The number of aromatic nitrogens is 4. The van der Waals surface area contributed by atoms with Crippen LogP contribution in [-0.2, 0) is 11.3 Å². The SMILES string of the molecule is C=CCn1c(=O)n(C2CCOCC2)c2nc(SC)ncc21. The highest BCUT2D eigenvalue weighted by atomic mass is 32.2. The Bertz CT molecular complexity index is 716. The molecule has 0 unspecified atom stereocenters. The fourth-order valence-electron chi connectivity index (χ4n) is 2.72. The van der Waals surface area contributed by atoms with Crippen LogP contribution in [-0.4, -0.2) is 38.6 Å². The van der Waals surface area contributed by atoms with Crippen molar-refractivity contribution >= 4 is 22.9 Å². The third-order valence-electron chi connectivity index (χ3n) is 3.73. The van der Waals surface area contributed by atoms with Gasteiger partial charge in [0.2, 0.25) is 0 Å². The van der Waals surface area contributed by atoms with E-state index in [1.165, 1.54) is 11.8 Å². The first kappa shape index (κ1) is 14.3. The zero-order valence-electron chi connectivity index (χ0n) is 12.0. The van der Waals surface area contributed by atoms with E-state index in [9.17, 15) is 4.79 Å². The lowest BCUT2D eigenvalue weighted by Crippen LogP contribution is -2.30. The van der Waals surface area contributed by atoms with Crippen LogP contribution < -0.4 is 5.69 Å². The Balaban J connectivity index is 2.22. The molecule has 7 heteroatoms. The highest BCUT2D eigenvalue weighted by molar-refractivity contribution is 7.98. The Kier molecular flexibility index (Phi) is 4.12. The molecule has 0 amide bonds. The van der Waals surface area contributed by atoms with Gasteiger partial charge < -0.3 is 4.74 Å². The molecule has 3 rings (SSSR count). The van der Waals surface area contributed by atoms with Gasteiger partial charge in [-0.3, -0.25) is 9.13 Å². The van der Waals surface area contributed by atoms with Gasteiger partial charge in [-0.25, -0.2) is 14.8 Å². The summed E-state index contributed by atoms with van der Waals surface area (Å²) >= 11 is 1.48. The van der Waals surface area contributed by atoms with Crippen molar-refractivity contribution in [1.29, 1.82) is 0 Å². The molecule has 0 spiro atoms. The summed E-state index contributed by atoms with van der Waals surface area (Å²) < 4.78 is 8.89. The number of ether oxygens (including phenoxy) is 1. The number of thioether (sulfide) groups is 1. The Morgan fingerprint density at radius 1 is 1.52 bits per heavy atom. The molecule has 0 radical (unpaired) electrons. The Morgan fingerprint density at radius 2 is 2.29 bits per heavy atom. The van der Waals surface area contributed by atoms with Crippen molar-refractivity contribution in [3.05, 3.63) is 29.3 Å². The minimum atomic E-state index is -0.0376. The van der Waals surface area contributed by atoms with Gasteiger partial charge in [0, 0.05) is 25.8 Å². The predicted molar refractivity (Wildman–Crippen MR) is 82.9 cm³/mol. The van der Waals surface area contributed by atoms with Crippen LogP contribution in [0.1, 0.15) is 18.9 Å². The van der Waals surface area contributed by atoms with Crippen LogP contribution in [0.5, 0.6) is 0 Å². The van der Waals surface area contributed by atoms with E-state index in [-0.39, 0.29) is 11.7 Å². The van der Waals surface area contributed by atoms with Gasteiger partial charge in [-0.2, -0.15) is 0 Å². The maximum absolute atomic E-state index is 12.7. The highest BCUT2D eigenvalue weighted by Gasteiger charge is 2.23. The maximum atomic E-state index is 12.7. The normalized spacial score (nSPS) is 16.4. The van der Waals surface area contributed by atoms with Crippen LogP contribution in [0, 0.1) is 0 Å². The van der Waals surface area contributed by atoms with Gasteiger partial charge in [-0.05, 0) is 19.1 Å². The molecule has 112 valence electrons. The summed E-state index contributed by atoms with van der Waals surface area (Å²) in [5.74, 6) is 0. The van der Waals surface area contributed by atoms with Crippen molar-refractivity contribution in [2.75, 3.05) is 19.5 Å². The Hall–Kier alpha value is -1.60. The number of allylic oxidation sites excluding steroid dienone is 1. The number of hydrogen-bond acceptors (Lipinski definition) is 5. The lowest BCUT2D eigenvalue weighted by Gasteiger charge is -2.22. The lowest BCUT2D eigenvalue weighted by molar-refractivity contribution is 0.0694. The van der Waals surface area contributed by atoms with Gasteiger partial charge in [-0.15, -0.1) is 6.58 Å². The first-order chi connectivity index (χ1) is 10.3. The van der Waals surface area contributed by atoms with Gasteiger partial charge in [0.05, 0.1) is 6.20 Å². The molecule has 2 aromatic heterocycles. The maximum Gasteiger partial charge on any atom is 0.330 e. The Labute approximate surface area is 126 Å². The van der Waals surface area contributed by atoms with E-state index in [4.69, 9.17) is 4.74 Å². The molecular formula is C14H18N4O2S. The van der Waals surface area contributed by atoms with Gasteiger partial charge in [-0.1, -0.05) is 17.8 Å². The van der Waals surface area contributed by atoms with Crippen molar-refractivity contribution < 1.29 is 4.74 Å². The first-order valence-corrected chi connectivity index (χ1v) is 8.19. The third kappa shape index (κ3) is 2.51. The van der Waals surface area contributed by atoms with Crippen molar-refractivity contribution in [2.45, 2.75) is 30.6 Å². The number of hydrogen-bond donors (Lipinski definition) is 0. The molecule has 0 saturated carbocycles. The standard InChI is InChI=1S/C14H18N4O2S/c1-3-6-17-11-9-15-13(21-2)16-12(11)18(14(17)19)10-4-7-20-8-5-10/h3,9-10H,1,4-8H2,2H3. The second-order valence-corrected chi connectivity index (χ2v) is 5.73. The molecule has 1 aliphatic rings. The molecule has 21 heavy (non-hydrogen) atoms. The second kappa shape index (κ2) is 6.03. The monoisotopic (exact) mass is 306 g/mol. The summed E-state index contributed by atoms with van der Waals surface area (Å²) in [7, 11) is 0. The summed E-state index contributed by atoms with van der Waals surface area (Å²) in [6.45, 7) is 5.56. The molecule has 0 aliphatic carbocycles. The fraction of sp³-hybridized carbons (Fsp3) is 0.500. The highest BCUT2D eigenvalue weighted by Crippen LogP contribution is 2.24. The summed E-state index contributed by atoms with van der Waals surface area (Å²) in [5.41, 5.74) is 1.45. The average molecular weight is 306 g/mol. The zero-order chi connectivity index (χ0) is 14.8. The van der Waals surface area contributed by atoms with E-state index in [2.05, 4.69) is 16.5 Å². The van der Waals surface area contributed by atoms with Crippen LogP contribution >= 0.6 is 11.8 Å². The number of nitrogens with zero attached hydrogens (tertiary/aromatic N) is 4. The molecule has 3 heterocycles. The average Bonchev–Trinajstić information content (AvgIpc) is 2.80. The predicted octanol–water partition coefficient (Wildman–Crippen LogP) is 1.85. The van der Waals surface area contributed by atoms with Crippen LogP contribution in [0.25, 0.3) is 11.2 Å². The second-order valence-electron chi connectivity index (χ2n) is 4.96. The third-order valence-corrected chi connectivity index (χ3v) is 4.30. The van der Waals surface area contributed by atoms with Gasteiger partial charge in [0.25, 0.3) is 0 Å². The van der Waals surface area contributed by atoms with Crippen molar-refractivity contribution in [3.8, 4) is 0 Å². The van der Waals surface area contributed by atoms with E-state index in [0.29, 0.717) is 30.6 Å². The van der Waals surface area contributed by atoms with E-state index in [1.54, 1.807) is 16.8 Å². The topological polar surface area (TPSA) is 61.9 Å².